The molecule has 1 aromatic heterocycles. The minimum absolute atomic E-state index is 0.367. The molecule has 1 aromatic rings. The van der Waals surface area contributed by atoms with Crippen LogP contribution in [0.1, 0.15) is 34.6 Å². The Labute approximate surface area is 123 Å². The highest BCUT2D eigenvalue weighted by atomic mass is 16.5. The summed E-state index contributed by atoms with van der Waals surface area (Å²) in [5.41, 5.74) is 1.59. The minimum Gasteiger partial charge on any atom is -0.464 e. The maximum Gasteiger partial charge on any atom is 0.358 e. The number of aromatic amines is 1. The molecule has 7 heteroatoms. The van der Waals surface area contributed by atoms with Gasteiger partial charge in [-0.15, -0.1) is 0 Å². The zero-order valence-electron chi connectivity index (χ0n) is 12.3. The van der Waals surface area contributed by atoms with Gasteiger partial charge in [0.2, 0.25) is 0 Å². The predicted molar refractivity (Wildman–Crippen MR) is 76.0 cm³/mol. The molecule has 0 amide bonds. The first-order valence-corrected chi connectivity index (χ1v) is 7.41. The molecule has 0 spiro atoms. The van der Waals surface area contributed by atoms with Gasteiger partial charge in [0.25, 0.3) is 0 Å². The lowest BCUT2D eigenvalue weighted by Gasteiger charge is -2.38. The molecule has 7 nitrogen and oxygen atoms in total. The Kier molecular flexibility index (Phi) is 3.97. The molecule has 0 aliphatic carbocycles. The van der Waals surface area contributed by atoms with Crippen LogP contribution in [0.4, 0.5) is 0 Å². The highest BCUT2D eigenvalue weighted by Crippen LogP contribution is 2.24. The summed E-state index contributed by atoms with van der Waals surface area (Å²) in [4.78, 5) is 13.9. The molecule has 2 aliphatic heterocycles. The number of piperidine rings is 1. The molecule has 2 aliphatic rings. The van der Waals surface area contributed by atoms with E-state index in [4.69, 9.17) is 4.74 Å². The van der Waals surface area contributed by atoms with Crippen LogP contribution in [0.2, 0.25) is 0 Å². The van der Waals surface area contributed by atoms with E-state index in [0.717, 1.165) is 43.6 Å². The van der Waals surface area contributed by atoms with E-state index in [0.29, 0.717) is 25.3 Å². The lowest BCUT2D eigenvalue weighted by molar-refractivity contribution is -0.0186. The van der Waals surface area contributed by atoms with E-state index in [9.17, 15) is 9.90 Å². The Morgan fingerprint density at radius 2 is 2.43 bits per heavy atom. The summed E-state index contributed by atoms with van der Waals surface area (Å²) >= 11 is 0. The number of esters is 1. The average Bonchev–Trinajstić information content (AvgIpc) is 2.90. The second-order valence-corrected chi connectivity index (χ2v) is 5.99. The first-order chi connectivity index (χ1) is 10.1. The van der Waals surface area contributed by atoms with Crippen molar-refractivity contribution in [3.8, 4) is 0 Å². The lowest BCUT2D eigenvalue weighted by atomic mass is 9.92. The molecule has 0 radical (unpaired) electrons. The number of fused-ring (bicyclic) bond motifs is 1. The number of aliphatic hydroxyl groups is 1. The molecule has 0 bridgehead atoms. The van der Waals surface area contributed by atoms with Gasteiger partial charge in [0.15, 0.2) is 5.69 Å². The Bertz CT molecular complexity index is 522. The number of H-pyrrole nitrogens is 1. The molecule has 0 saturated carbocycles. The Morgan fingerprint density at radius 1 is 1.57 bits per heavy atom. The van der Waals surface area contributed by atoms with E-state index in [1.54, 1.807) is 0 Å². The molecule has 1 atom stereocenters. The topological polar surface area (TPSA) is 90.5 Å². The third-order valence-electron chi connectivity index (χ3n) is 4.36. The largest absolute Gasteiger partial charge is 0.464 e. The van der Waals surface area contributed by atoms with Crippen LogP contribution in [0.15, 0.2) is 0 Å². The van der Waals surface area contributed by atoms with Crippen molar-refractivity contribution >= 4 is 5.97 Å². The van der Waals surface area contributed by atoms with Crippen molar-refractivity contribution in [3.63, 3.8) is 0 Å². The number of rotatable bonds is 3. The van der Waals surface area contributed by atoms with Gasteiger partial charge in [-0.05, 0) is 19.4 Å². The highest BCUT2D eigenvalue weighted by molar-refractivity contribution is 5.89. The number of ether oxygens (including phenoxy) is 1. The van der Waals surface area contributed by atoms with Crippen LogP contribution in [0.3, 0.4) is 0 Å². The van der Waals surface area contributed by atoms with Gasteiger partial charge < -0.3 is 15.2 Å². The van der Waals surface area contributed by atoms with E-state index in [1.807, 2.05) is 0 Å². The van der Waals surface area contributed by atoms with Gasteiger partial charge in [-0.1, -0.05) is 0 Å². The molecule has 116 valence electrons. The van der Waals surface area contributed by atoms with Crippen molar-refractivity contribution < 1.29 is 14.6 Å². The van der Waals surface area contributed by atoms with Crippen LogP contribution in [0, 0.1) is 0 Å². The fourth-order valence-electron chi connectivity index (χ4n) is 3.25. The number of hydrogen-bond acceptors (Lipinski definition) is 6. The van der Waals surface area contributed by atoms with E-state index in [1.165, 1.54) is 7.11 Å². The number of carbonyl (C=O) groups excluding carboxylic acids is 1. The van der Waals surface area contributed by atoms with Crippen LogP contribution < -0.4 is 5.32 Å². The van der Waals surface area contributed by atoms with Crippen molar-refractivity contribution in [2.45, 2.75) is 31.4 Å². The summed E-state index contributed by atoms with van der Waals surface area (Å²) in [6.45, 7) is 3.70. The lowest BCUT2D eigenvalue weighted by Crippen LogP contribution is -2.53. The number of carbonyl (C=O) groups is 1. The molecule has 0 unspecified atom stereocenters. The molecule has 1 saturated heterocycles. The first-order valence-electron chi connectivity index (χ1n) is 7.41. The van der Waals surface area contributed by atoms with Crippen LogP contribution in [0.25, 0.3) is 0 Å². The third-order valence-corrected chi connectivity index (χ3v) is 4.36. The van der Waals surface area contributed by atoms with E-state index in [2.05, 4.69) is 20.4 Å². The number of aromatic nitrogens is 2. The second-order valence-electron chi connectivity index (χ2n) is 5.99. The summed E-state index contributed by atoms with van der Waals surface area (Å²) in [5, 5.41) is 20.9. The summed E-state index contributed by atoms with van der Waals surface area (Å²) in [5.74, 6) is -0.410. The van der Waals surface area contributed by atoms with E-state index >= 15 is 0 Å². The molecule has 3 heterocycles. The molecule has 0 aromatic carbocycles. The average molecular weight is 294 g/mol. The molecular weight excluding hydrogens is 272 g/mol. The standard InChI is InChI=1S/C14H22N4O3/c1-21-13(19)12-10-7-18(6-3-11(10)16-17-12)9-14(20)4-2-5-15-8-14/h15,20H,2-9H2,1H3,(H,16,17)/t14-/m0/s1. The van der Waals surface area contributed by atoms with Gasteiger partial charge in [-0.25, -0.2) is 4.79 Å². The van der Waals surface area contributed by atoms with Gasteiger partial charge in [0.1, 0.15) is 0 Å². The Hall–Kier alpha value is -1.44. The van der Waals surface area contributed by atoms with Crippen LogP contribution in [0.5, 0.6) is 0 Å². The van der Waals surface area contributed by atoms with E-state index < -0.39 is 11.6 Å². The molecule has 3 N–H and O–H groups in total. The predicted octanol–water partition coefficient (Wildman–Crippen LogP) is -0.331. The highest BCUT2D eigenvalue weighted by Gasteiger charge is 2.34. The zero-order valence-corrected chi connectivity index (χ0v) is 12.3. The quantitative estimate of drug-likeness (QED) is 0.661. The zero-order chi connectivity index (χ0) is 14.9. The maximum atomic E-state index is 11.7. The number of β-amino-alcohol motifs (C(OH)–C–C–N with tert-alkyl or cyclic N) is 1. The molecular formula is C14H22N4O3. The van der Waals surface area contributed by atoms with Gasteiger partial charge in [-0.2, -0.15) is 5.10 Å². The summed E-state index contributed by atoms with van der Waals surface area (Å²) in [6, 6.07) is 0. The fraction of sp³-hybridized carbons (Fsp3) is 0.714. The van der Waals surface area contributed by atoms with Crippen LogP contribution >= 0.6 is 0 Å². The first kappa shape index (κ1) is 14.5. The van der Waals surface area contributed by atoms with Crippen molar-refractivity contribution in [1.82, 2.24) is 20.4 Å². The monoisotopic (exact) mass is 294 g/mol. The molecule has 21 heavy (non-hydrogen) atoms. The molecule has 3 rings (SSSR count). The SMILES string of the molecule is COC(=O)c1n[nH]c2c1CN(C[C@]1(O)CCCNC1)CC2. The van der Waals surface area contributed by atoms with Crippen molar-refractivity contribution in [2.75, 3.05) is 33.3 Å². The van der Waals surface area contributed by atoms with Crippen LogP contribution in [-0.2, 0) is 17.7 Å². The third kappa shape index (κ3) is 2.95. The number of nitrogens with zero attached hydrogens (tertiary/aromatic N) is 2. The maximum absolute atomic E-state index is 11.7. The van der Waals surface area contributed by atoms with Gasteiger partial charge >= 0.3 is 5.97 Å². The smallest absolute Gasteiger partial charge is 0.358 e. The van der Waals surface area contributed by atoms with Gasteiger partial charge in [0.05, 0.1) is 12.7 Å². The van der Waals surface area contributed by atoms with E-state index in [-0.39, 0.29) is 0 Å². The fourth-order valence-corrected chi connectivity index (χ4v) is 3.25. The summed E-state index contributed by atoms with van der Waals surface area (Å²) in [7, 11) is 1.36. The number of nitrogens with one attached hydrogen (secondary N) is 2. The number of hydrogen-bond donors (Lipinski definition) is 3. The van der Waals surface area contributed by atoms with Crippen molar-refractivity contribution in [2.24, 2.45) is 0 Å². The number of methoxy groups -OCH3 is 1. The van der Waals surface area contributed by atoms with Crippen molar-refractivity contribution in [1.29, 1.82) is 0 Å². The summed E-state index contributed by atoms with van der Waals surface area (Å²) < 4.78 is 4.77. The summed E-state index contributed by atoms with van der Waals surface area (Å²) in [6.07, 6.45) is 2.62. The van der Waals surface area contributed by atoms with Crippen molar-refractivity contribution in [3.05, 3.63) is 17.0 Å². The normalized spacial score (nSPS) is 26.4. The molecule has 1 fully saturated rings. The second kappa shape index (κ2) is 5.75. The Balaban J connectivity index is 1.71. The Morgan fingerprint density at radius 3 is 3.14 bits per heavy atom. The van der Waals surface area contributed by atoms with Crippen LogP contribution in [-0.4, -0.2) is 65.1 Å². The van der Waals surface area contributed by atoms with Gasteiger partial charge in [0, 0.05) is 43.9 Å². The van der Waals surface area contributed by atoms with Gasteiger partial charge in [-0.3, -0.25) is 10.00 Å². The minimum atomic E-state index is -0.676.